The van der Waals surface area contributed by atoms with Crippen LogP contribution in [0.4, 0.5) is 21.6 Å². The smallest absolute Gasteiger partial charge is 0.224 e. The Kier molecular flexibility index (Phi) is 10.8. The highest BCUT2D eigenvalue weighted by atomic mass is 35.5. The third-order valence-corrected chi connectivity index (χ3v) is 9.85. The van der Waals surface area contributed by atoms with Gasteiger partial charge < -0.3 is 30.3 Å². The standard InChI is InChI=1S/C30H30ClFN4O5S2/c31-24-11-20(4-6-27(24)40-15-18-2-1-3-19(32)10-18)35-30-23-12-26(36-29(39)7-5-22-8-9-42-43-22)28(41-16-21(38)14-37)13-25(23)33-17-34-30/h1-4,6,10-13,17,21-22,37-38H,5,7-9,14-16H2,(H,36,39)(H,33,34,35). The van der Waals surface area contributed by atoms with E-state index >= 15 is 0 Å². The first-order valence-electron chi connectivity index (χ1n) is 13.6. The molecule has 1 aromatic heterocycles. The lowest BCUT2D eigenvalue weighted by atomic mass is 10.1. The van der Waals surface area contributed by atoms with Crippen molar-refractivity contribution in [2.45, 2.75) is 37.2 Å². The number of halogens is 2. The Bertz CT molecular complexity index is 1580. The number of benzene rings is 3. The zero-order valence-corrected chi connectivity index (χ0v) is 25.4. The van der Waals surface area contributed by atoms with E-state index in [-0.39, 0.29) is 24.9 Å². The van der Waals surface area contributed by atoms with Crippen molar-refractivity contribution in [2.75, 3.05) is 29.6 Å². The van der Waals surface area contributed by atoms with E-state index < -0.39 is 12.7 Å². The van der Waals surface area contributed by atoms with E-state index in [1.54, 1.807) is 42.5 Å². The summed E-state index contributed by atoms with van der Waals surface area (Å²) in [6.45, 7) is -0.462. The maximum atomic E-state index is 13.5. The molecule has 2 heterocycles. The minimum atomic E-state index is -1.08. The molecule has 2 atom stereocenters. The van der Waals surface area contributed by atoms with Crippen LogP contribution in [0.1, 0.15) is 24.8 Å². The topological polar surface area (TPSA) is 126 Å². The lowest BCUT2D eigenvalue weighted by molar-refractivity contribution is -0.116. The summed E-state index contributed by atoms with van der Waals surface area (Å²) in [6, 6.07) is 14.7. The van der Waals surface area contributed by atoms with Gasteiger partial charge in [0, 0.05) is 34.6 Å². The Morgan fingerprint density at radius 2 is 2.02 bits per heavy atom. The van der Waals surface area contributed by atoms with Crippen LogP contribution in [0.3, 0.4) is 0 Å². The Hall–Kier alpha value is -3.29. The molecule has 2 unspecified atom stereocenters. The summed E-state index contributed by atoms with van der Waals surface area (Å²) in [6.07, 6.45) is 2.53. The van der Waals surface area contributed by atoms with Gasteiger partial charge in [0.2, 0.25) is 5.91 Å². The number of aromatic nitrogens is 2. The fourth-order valence-electron chi connectivity index (χ4n) is 4.33. The molecule has 4 aromatic rings. The highest BCUT2D eigenvalue weighted by Gasteiger charge is 2.19. The quantitative estimate of drug-likeness (QED) is 0.122. The second-order valence-corrected chi connectivity index (χ2v) is 13.0. The van der Waals surface area contributed by atoms with Gasteiger partial charge in [0.1, 0.15) is 48.8 Å². The number of nitrogens with zero attached hydrogens (tertiary/aromatic N) is 2. The molecule has 43 heavy (non-hydrogen) atoms. The minimum absolute atomic E-state index is 0.156. The van der Waals surface area contributed by atoms with Crippen molar-refractivity contribution < 1.29 is 28.9 Å². The number of aliphatic hydroxyl groups excluding tert-OH is 2. The van der Waals surface area contributed by atoms with Crippen molar-refractivity contribution in [3.63, 3.8) is 0 Å². The van der Waals surface area contributed by atoms with Crippen molar-refractivity contribution in [2.24, 2.45) is 0 Å². The van der Waals surface area contributed by atoms with E-state index in [1.165, 1.54) is 18.5 Å². The molecule has 9 nitrogen and oxygen atoms in total. The zero-order chi connectivity index (χ0) is 30.2. The molecule has 4 N–H and O–H groups in total. The van der Waals surface area contributed by atoms with Crippen LogP contribution in [-0.2, 0) is 11.4 Å². The fourth-order valence-corrected chi connectivity index (χ4v) is 7.54. The molecule has 1 aliphatic heterocycles. The van der Waals surface area contributed by atoms with Crippen molar-refractivity contribution in [1.82, 2.24) is 9.97 Å². The van der Waals surface area contributed by atoms with Crippen LogP contribution < -0.4 is 20.1 Å². The summed E-state index contributed by atoms with van der Waals surface area (Å²) in [5.41, 5.74) is 2.24. The van der Waals surface area contributed by atoms with Crippen molar-refractivity contribution >= 4 is 67.2 Å². The number of rotatable bonds is 13. The van der Waals surface area contributed by atoms with E-state index in [4.69, 9.17) is 21.1 Å². The Balaban J connectivity index is 1.35. The number of amides is 1. The van der Waals surface area contributed by atoms with Gasteiger partial charge in [-0.2, -0.15) is 0 Å². The molecule has 226 valence electrons. The molecule has 0 bridgehead atoms. The number of anilines is 3. The van der Waals surface area contributed by atoms with E-state index in [9.17, 15) is 19.4 Å². The van der Waals surface area contributed by atoms with Gasteiger partial charge in [0.05, 0.1) is 22.8 Å². The summed E-state index contributed by atoms with van der Waals surface area (Å²) in [5.74, 6) is 1.82. The Labute approximate surface area is 261 Å². The predicted molar refractivity (Wildman–Crippen MR) is 170 cm³/mol. The van der Waals surface area contributed by atoms with Gasteiger partial charge in [-0.1, -0.05) is 45.3 Å². The SMILES string of the molecule is O=C(CCC1CCSS1)Nc1cc2c(Nc3ccc(OCc4cccc(F)c4)c(Cl)c3)ncnc2cc1OCC(O)CO. The van der Waals surface area contributed by atoms with Gasteiger partial charge in [-0.25, -0.2) is 14.4 Å². The van der Waals surface area contributed by atoms with E-state index in [0.717, 1.165) is 18.6 Å². The van der Waals surface area contributed by atoms with Crippen LogP contribution in [0.15, 0.2) is 60.9 Å². The molecule has 5 rings (SSSR count). The van der Waals surface area contributed by atoms with E-state index in [0.29, 0.717) is 61.9 Å². The summed E-state index contributed by atoms with van der Waals surface area (Å²) in [4.78, 5) is 21.7. The maximum Gasteiger partial charge on any atom is 0.224 e. The Morgan fingerprint density at radius 1 is 1.14 bits per heavy atom. The molecule has 0 radical (unpaired) electrons. The second kappa shape index (κ2) is 14.9. The molecule has 0 aliphatic carbocycles. The lowest BCUT2D eigenvalue weighted by Crippen LogP contribution is -2.22. The number of carbonyl (C=O) groups excluding carboxylic acids is 1. The number of hydrogen-bond donors (Lipinski definition) is 4. The highest BCUT2D eigenvalue weighted by molar-refractivity contribution is 8.77. The van der Waals surface area contributed by atoms with Crippen LogP contribution in [0.25, 0.3) is 10.9 Å². The third kappa shape index (κ3) is 8.64. The van der Waals surface area contributed by atoms with Crippen molar-refractivity contribution in [3.8, 4) is 11.5 Å². The number of nitrogens with one attached hydrogen (secondary N) is 2. The van der Waals surface area contributed by atoms with Crippen LogP contribution >= 0.6 is 33.2 Å². The molecular formula is C30H30ClFN4O5S2. The minimum Gasteiger partial charge on any atom is -0.489 e. The van der Waals surface area contributed by atoms with E-state index in [1.807, 2.05) is 21.6 Å². The number of ether oxygens (including phenoxy) is 2. The van der Waals surface area contributed by atoms with Gasteiger partial charge in [-0.15, -0.1) is 0 Å². The zero-order valence-electron chi connectivity index (χ0n) is 23.0. The lowest BCUT2D eigenvalue weighted by Gasteiger charge is -2.17. The largest absolute Gasteiger partial charge is 0.489 e. The molecule has 0 saturated carbocycles. The molecule has 1 amide bonds. The molecule has 13 heteroatoms. The van der Waals surface area contributed by atoms with Crippen LogP contribution in [-0.4, -0.2) is 56.4 Å². The van der Waals surface area contributed by atoms with Crippen LogP contribution in [0, 0.1) is 5.82 Å². The van der Waals surface area contributed by atoms with Crippen LogP contribution in [0.5, 0.6) is 11.5 Å². The first-order valence-corrected chi connectivity index (χ1v) is 16.4. The van der Waals surface area contributed by atoms with Gasteiger partial charge in [-0.3, -0.25) is 4.79 Å². The fraction of sp³-hybridized carbons (Fsp3) is 0.300. The molecular weight excluding hydrogens is 615 g/mol. The molecule has 3 aromatic carbocycles. The molecule has 1 aliphatic rings. The molecule has 0 spiro atoms. The normalized spacial score (nSPS) is 15.3. The van der Waals surface area contributed by atoms with E-state index in [2.05, 4.69) is 20.6 Å². The second-order valence-electron chi connectivity index (χ2n) is 9.84. The van der Waals surface area contributed by atoms with Crippen LogP contribution in [0.2, 0.25) is 5.02 Å². The van der Waals surface area contributed by atoms with Gasteiger partial charge in [0.25, 0.3) is 0 Å². The predicted octanol–water partition coefficient (Wildman–Crippen LogP) is 6.35. The van der Waals surface area contributed by atoms with Gasteiger partial charge in [0.15, 0.2) is 0 Å². The molecule has 1 saturated heterocycles. The average Bonchev–Trinajstić information content (AvgIpc) is 3.53. The first-order chi connectivity index (χ1) is 20.9. The van der Waals surface area contributed by atoms with Crippen molar-refractivity contribution in [1.29, 1.82) is 0 Å². The average molecular weight is 645 g/mol. The third-order valence-electron chi connectivity index (χ3n) is 6.55. The number of carbonyl (C=O) groups is 1. The molecule has 1 fully saturated rings. The summed E-state index contributed by atoms with van der Waals surface area (Å²) in [5, 5.41) is 26.6. The number of hydrogen-bond acceptors (Lipinski definition) is 10. The maximum absolute atomic E-state index is 13.5. The summed E-state index contributed by atoms with van der Waals surface area (Å²) < 4.78 is 25.0. The summed E-state index contributed by atoms with van der Waals surface area (Å²) in [7, 11) is 3.65. The van der Waals surface area contributed by atoms with Gasteiger partial charge in [-0.05, 0) is 54.8 Å². The number of aliphatic hydroxyl groups is 2. The van der Waals surface area contributed by atoms with Crippen molar-refractivity contribution in [3.05, 3.63) is 77.3 Å². The first kappa shape index (κ1) is 31.1. The highest BCUT2D eigenvalue weighted by Crippen LogP contribution is 2.40. The summed E-state index contributed by atoms with van der Waals surface area (Å²) >= 11 is 6.49. The number of fused-ring (bicyclic) bond motifs is 1. The van der Waals surface area contributed by atoms with Gasteiger partial charge >= 0.3 is 0 Å². The monoisotopic (exact) mass is 644 g/mol. The Morgan fingerprint density at radius 3 is 2.79 bits per heavy atom.